The highest BCUT2D eigenvalue weighted by Gasteiger charge is 2.20. The maximum absolute atomic E-state index is 12.8. The summed E-state index contributed by atoms with van der Waals surface area (Å²) in [5, 5.41) is 3.82. The van der Waals surface area contributed by atoms with Crippen LogP contribution in [0, 0.1) is 0 Å². The molecular formula is C19H18N4O6S. The van der Waals surface area contributed by atoms with Gasteiger partial charge in [0, 0.05) is 12.5 Å². The van der Waals surface area contributed by atoms with Gasteiger partial charge in [-0.1, -0.05) is 24.2 Å². The number of hydrogen-bond acceptors (Lipinski definition) is 8. The van der Waals surface area contributed by atoms with E-state index in [0.717, 1.165) is 0 Å². The number of hydrogen-bond donors (Lipinski definition) is 1. The Hall–Kier alpha value is -3.60. The number of rotatable bonds is 7. The predicted octanol–water partition coefficient (Wildman–Crippen LogP) is 2.40. The first-order valence-electron chi connectivity index (χ1n) is 9.02. The molecule has 0 amide bonds. The summed E-state index contributed by atoms with van der Waals surface area (Å²) in [7, 11) is -2.49. The molecule has 30 heavy (non-hydrogen) atoms. The maximum Gasteiger partial charge on any atom is 0.420 e. The van der Waals surface area contributed by atoms with Gasteiger partial charge in [0.05, 0.1) is 29.8 Å². The van der Waals surface area contributed by atoms with E-state index in [1.807, 2.05) is 6.92 Å². The van der Waals surface area contributed by atoms with E-state index in [2.05, 4.69) is 14.9 Å². The molecule has 11 heteroatoms. The lowest BCUT2D eigenvalue weighted by Gasteiger charge is -2.11. The van der Waals surface area contributed by atoms with Crippen molar-refractivity contribution in [1.82, 2.24) is 14.7 Å². The molecule has 0 aliphatic rings. The van der Waals surface area contributed by atoms with Crippen LogP contribution < -0.4 is 15.2 Å². The number of sulfonamides is 1. The van der Waals surface area contributed by atoms with Crippen molar-refractivity contribution < 1.29 is 22.1 Å². The number of para-hydroxylation sites is 2. The van der Waals surface area contributed by atoms with Crippen molar-refractivity contribution in [2.45, 2.75) is 24.8 Å². The molecule has 4 aromatic rings. The fourth-order valence-corrected chi connectivity index (χ4v) is 4.02. The van der Waals surface area contributed by atoms with E-state index >= 15 is 0 Å². The number of aryl methyl sites for hydroxylation is 1. The van der Waals surface area contributed by atoms with E-state index < -0.39 is 15.8 Å². The highest BCUT2D eigenvalue weighted by Crippen LogP contribution is 2.27. The number of aromatic nitrogens is 3. The topological polar surface area (TPSA) is 129 Å². The Morgan fingerprint density at radius 2 is 2.00 bits per heavy atom. The van der Waals surface area contributed by atoms with Crippen LogP contribution in [0.25, 0.3) is 11.1 Å². The molecule has 2 heterocycles. The number of anilines is 1. The van der Waals surface area contributed by atoms with Crippen molar-refractivity contribution in [3.05, 3.63) is 64.7 Å². The summed E-state index contributed by atoms with van der Waals surface area (Å²) in [4.78, 5) is 16.4. The van der Waals surface area contributed by atoms with E-state index in [0.29, 0.717) is 35.1 Å². The molecule has 0 atom stereocenters. The van der Waals surface area contributed by atoms with Gasteiger partial charge in [0.25, 0.3) is 10.0 Å². The first-order valence-corrected chi connectivity index (χ1v) is 10.5. The number of nitrogens with zero attached hydrogens (tertiary/aromatic N) is 3. The predicted molar refractivity (Wildman–Crippen MR) is 107 cm³/mol. The van der Waals surface area contributed by atoms with Crippen LogP contribution in [0.1, 0.15) is 18.6 Å². The summed E-state index contributed by atoms with van der Waals surface area (Å²) in [6, 6.07) is 10.8. The number of benzene rings is 2. The van der Waals surface area contributed by atoms with Crippen molar-refractivity contribution in [2.24, 2.45) is 0 Å². The second-order valence-electron chi connectivity index (χ2n) is 6.35. The van der Waals surface area contributed by atoms with Gasteiger partial charge in [-0.2, -0.15) is 4.98 Å². The normalized spacial score (nSPS) is 11.7. The Bertz CT molecular complexity index is 1370. The number of nitrogens with one attached hydrogen (secondary N) is 1. The molecule has 0 saturated heterocycles. The van der Waals surface area contributed by atoms with Gasteiger partial charge < -0.3 is 13.7 Å². The standard InChI is InChI=1S/C19H18N4O6S/c1-3-18-20-17(21-29-18)11-23-14-9-8-12(10-16(14)28-19(23)24)30(25,26)22-13-6-4-5-7-15(13)27-2/h4-10,22H,3,11H2,1-2H3. The lowest BCUT2D eigenvalue weighted by Crippen LogP contribution is -2.16. The Labute approximate surface area is 171 Å². The van der Waals surface area contributed by atoms with E-state index in [9.17, 15) is 13.2 Å². The SMILES string of the molecule is CCc1nc(Cn2c(=O)oc3cc(S(=O)(=O)Nc4ccccc4OC)ccc32)no1. The number of fused-ring (bicyclic) bond motifs is 1. The zero-order valence-electron chi connectivity index (χ0n) is 16.2. The van der Waals surface area contributed by atoms with Crippen LogP contribution in [0.15, 0.2) is 61.1 Å². The van der Waals surface area contributed by atoms with Crippen LogP contribution in [0.5, 0.6) is 5.75 Å². The van der Waals surface area contributed by atoms with Gasteiger partial charge in [-0.15, -0.1) is 0 Å². The van der Waals surface area contributed by atoms with Crippen molar-refractivity contribution >= 4 is 26.8 Å². The monoisotopic (exact) mass is 430 g/mol. The third-order valence-electron chi connectivity index (χ3n) is 4.41. The van der Waals surface area contributed by atoms with E-state index in [1.54, 1.807) is 24.3 Å². The minimum absolute atomic E-state index is 0.0426. The Balaban J connectivity index is 1.67. The van der Waals surface area contributed by atoms with E-state index in [-0.39, 0.29) is 17.0 Å². The molecule has 0 saturated carbocycles. The van der Waals surface area contributed by atoms with E-state index in [4.69, 9.17) is 13.7 Å². The van der Waals surface area contributed by atoms with Gasteiger partial charge in [-0.05, 0) is 24.3 Å². The average Bonchev–Trinajstić information content (AvgIpc) is 3.32. The quantitative estimate of drug-likeness (QED) is 0.473. The second kappa shape index (κ2) is 7.67. The molecule has 0 radical (unpaired) electrons. The third kappa shape index (κ3) is 3.66. The molecule has 0 unspecified atom stereocenters. The smallest absolute Gasteiger partial charge is 0.420 e. The molecule has 0 aliphatic carbocycles. The molecule has 0 bridgehead atoms. The van der Waals surface area contributed by atoms with Gasteiger partial charge in [-0.25, -0.2) is 13.2 Å². The fourth-order valence-electron chi connectivity index (χ4n) is 2.94. The summed E-state index contributed by atoms with van der Waals surface area (Å²) >= 11 is 0. The second-order valence-corrected chi connectivity index (χ2v) is 8.03. The molecule has 2 aromatic carbocycles. The van der Waals surface area contributed by atoms with Crippen molar-refractivity contribution in [3.8, 4) is 5.75 Å². The van der Waals surface area contributed by atoms with Crippen LogP contribution in [0.4, 0.5) is 5.69 Å². The minimum Gasteiger partial charge on any atom is -0.495 e. The summed E-state index contributed by atoms with van der Waals surface area (Å²) in [6.45, 7) is 1.92. The Morgan fingerprint density at radius 1 is 1.20 bits per heavy atom. The molecule has 0 spiro atoms. The average molecular weight is 430 g/mol. The highest BCUT2D eigenvalue weighted by molar-refractivity contribution is 7.92. The van der Waals surface area contributed by atoms with Gasteiger partial charge in [-0.3, -0.25) is 9.29 Å². The Morgan fingerprint density at radius 3 is 2.73 bits per heavy atom. The van der Waals surface area contributed by atoms with Crippen LogP contribution >= 0.6 is 0 Å². The fraction of sp³-hybridized carbons (Fsp3) is 0.211. The number of ether oxygens (including phenoxy) is 1. The van der Waals surface area contributed by atoms with Crippen molar-refractivity contribution in [1.29, 1.82) is 0 Å². The molecule has 156 valence electrons. The lowest BCUT2D eigenvalue weighted by atomic mass is 10.3. The zero-order chi connectivity index (χ0) is 21.3. The maximum atomic E-state index is 12.8. The highest BCUT2D eigenvalue weighted by atomic mass is 32.2. The summed E-state index contributed by atoms with van der Waals surface area (Å²) in [5.74, 6) is 0.513. The molecule has 0 fully saturated rings. The van der Waals surface area contributed by atoms with Crippen molar-refractivity contribution in [3.63, 3.8) is 0 Å². The molecular weight excluding hydrogens is 412 g/mol. The first-order chi connectivity index (χ1) is 14.4. The largest absolute Gasteiger partial charge is 0.495 e. The Kier molecular flexibility index (Phi) is 5.04. The van der Waals surface area contributed by atoms with Gasteiger partial charge in [0.15, 0.2) is 11.4 Å². The van der Waals surface area contributed by atoms with Crippen LogP contribution in [0.2, 0.25) is 0 Å². The molecule has 2 aromatic heterocycles. The van der Waals surface area contributed by atoms with Gasteiger partial charge in [0.1, 0.15) is 5.75 Å². The molecule has 1 N–H and O–H groups in total. The minimum atomic E-state index is -3.94. The number of oxazole rings is 1. The van der Waals surface area contributed by atoms with Crippen LogP contribution in [-0.2, 0) is 23.0 Å². The number of methoxy groups -OCH3 is 1. The molecule has 10 nitrogen and oxygen atoms in total. The lowest BCUT2D eigenvalue weighted by molar-refractivity contribution is 0.375. The first kappa shape index (κ1) is 19.7. The van der Waals surface area contributed by atoms with Crippen molar-refractivity contribution in [2.75, 3.05) is 11.8 Å². The summed E-state index contributed by atoms with van der Waals surface area (Å²) < 4.78 is 44.9. The summed E-state index contributed by atoms with van der Waals surface area (Å²) in [5.41, 5.74) is 0.837. The van der Waals surface area contributed by atoms with Crippen LogP contribution in [-0.4, -0.2) is 30.2 Å². The summed E-state index contributed by atoms with van der Waals surface area (Å²) in [6.07, 6.45) is 0.578. The van der Waals surface area contributed by atoms with Crippen LogP contribution in [0.3, 0.4) is 0 Å². The molecule has 0 aliphatic heterocycles. The van der Waals surface area contributed by atoms with E-state index in [1.165, 1.54) is 29.9 Å². The van der Waals surface area contributed by atoms with Gasteiger partial charge >= 0.3 is 5.76 Å². The van der Waals surface area contributed by atoms with Gasteiger partial charge in [0.2, 0.25) is 5.89 Å². The zero-order valence-corrected chi connectivity index (χ0v) is 17.0. The third-order valence-corrected chi connectivity index (χ3v) is 5.78. The molecule has 4 rings (SSSR count).